The molecule has 0 N–H and O–H groups in total. The van der Waals surface area contributed by atoms with Crippen molar-refractivity contribution in [2.24, 2.45) is 34.5 Å². The highest BCUT2D eigenvalue weighted by Crippen LogP contribution is 2.71. The fourth-order valence-corrected chi connectivity index (χ4v) is 9.31. The third kappa shape index (κ3) is 2.87. The monoisotopic (exact) mass is 432 g/mol. The van der Waals surface area contributed by atoms with Gasteiger partial charge in [-0.15, -0.1) is 0 Å². The first-order chi connectivity index (χ1) is 14.4. The van der Waals surface area contributed by atoms with Gasteiger partial charge in [-0.25, -0.2) is 0 Å². The van der Waals surface area contributed by atoms with E-state index in [1.54, 1.807) is 6.92 Å². The highest BCUT2D eigenvalue weighted by atomic mass is 16.8. The van der Waals surface area contributed by atoms with Crippen molar-refractivity contribution < 1.29 is 23.8 Å². The molecule has 5 fully saturated rings. The van der Waals surface area contributed by atoms with Gasteiger partial charge in [-0.3, -0.25) is 9.59 Å². The van der Waals surface area contributed by atoms with Gasteiger partial charge in [0.2, 0.25) is 0 Å². The summed E-state index contributed by atoms with van der Waals surface area (Å²) in [6.45, 7) is 12.0. The molecule has 0 radical (unpaired) electrons. The standard InChI is InChI=1S/C26H40O5/c1-15(27)26-22(30-23(3,4)31-26)14-21-19-8-7-17-13-18(29-16(2)28)9-11-24(17,5)20(19)10-12-25(21,26)6/h17-22H,7-14H2,1-6H3/t17-,18-,19-,20+,21-,22+,24-,25-,26+/m0/s1. The van der Waals surface area contributed by atoms with Gasteiger partial charge >= 0.3 is 5.97 Å². The Morgan fingerprint density at radius 3 is 2.32 bits per heavy atom. The van der Waals surface area contributed by atoms with Crippen molar-refractivity contribution in [2.45, 2.75) is 117 Å². The van der Waals surface area contributed by atoms with E-state index < -0.39 is 11.4 Å². The number of ether oxygens (including phenoxy) is 3. The van der Waals surface area contributed by atoms with Gasteiger partial charge < -0.3 is 14.2 Å². The normalized spacial score (nSPS) is 52.5. The lowest BCUT2D eigenvalue weighted by atomic mass is 9.44. The van der Waals surface area contributed by atoms with Crippen molar-refractivity contribution in [3.8, 4) is 0 Å². The number of Topliss-reactive ketones (excluding diaryl/α,β-unsaturated/α-hetero) is 1. The quantitative estimate of drug-likeness (QED) is 0.572. The van der Waals surface area contributed by atoms with Gasteiger partial charge in [0.15, 0.2) is 17.2 Å². The highest BCUT2D eigenvalue weighted by Gasteiger charge is 2.75. The number of carbonyl (C=O) groups is 2. The molecule has 0 spiro atoms. The van der Waals surface area contributed by atoms with E-state index in [0.717, 1.165) is 38.5 Å². The molecular weight excluding hydrogens is 392 g/mol. The molecule has 1 saturated heterocycles. The number of rotatable bonds is 2. The Morgan fingerprint density at radius 1 is 0.903 bits per heavy atom. The number of hydrogen-bond acceptors (Lipinski definition) is 5. The Labute approximate surface area is 186 Å². The number of esters is 1. The molecule has 0 aromatic heterocycles. The zero-order valence-electron chi connectivity index (χ0n) is 20.2. The van der Waals surface area contributed by atoms with E-state index in [1.165, 1.54) is 19.8 Å². The van der Waals surface area contributed by atoms with Crippen molar-refractivity contribution in [3.05, 3.63) is 0 Å². The van der Waals surface area contributed by atoms with Crippen LogP contribution < -0.4 is 0 Å². The van der Waals surface area contributed by atoms with Crippen LogP contribution in [0.4, 0.5) is 0 Å². The van der Waals surface area contributed by atoms with Crippen LogP contribution in [0, 0.1) is 34.5 Å². The molecule has 5 nitrogen and oxygen atoms in total. The predicted octanol–water partition coefficient (Wildman–Crippen LogP) is 5.05. The van der Waals surface area contributed by atoms with Crippen molar-refractivity contribution in [1.29, 1.82) is 0 Å². The van der Waals surface area contributed by atoms with E-state index in [4.69, 9.17) is 14.2 Å². The summed E-state index contributed by atoms with van der Waals surface area (Å²) in [4.78, 5) is 24.6. The van der Waals surface area contributed by atoms with Crippen LogP contribution in [-0.4, -0.2) is 35.3 Å². The van der Waals surface area contributed by atoms with Crippen LogP contribution in [0.1, 0.15) is 92.9 Å². The van der Waals surface area contributed by atoms with Crippen LogP contribution >= 0.6 is 0 Å². The van der Waals surface area contributed by atoms with Crippen LogP contribution in [0.15, 0.2) is 0 Å². The average molecular weight is 433 g/mol. The Bertz CT molecular complexity index is 791. The maximum absolute atomic E-state index is 13.1. The molecule has 4 aliphatic carbocycles. The lowest BCUT2D eigenvalue weighted by molar-refractivity contribution is -0.219. The first-order valence-corrected chi connectivity index (χ1v) is 12.5. The summed E-state index contributed by atoms with van der Waals surface area (Å²) in [5.74, 6) is 1.71. The molecule has 0 aromatic carbocycles. The molecule has 4 saturated carbocycles. The Kier molecular flexibility index (Phi) is 4.79. The summed E-state index contributed by atoms with van der Waals surface area (Å²) in [7, 11) is 0. The second kappa shape index (κ2) is 6.79. The van der Waals surface area contributed by atoms with Crippen molar-refractivity contribution >= 4 is 11.8 Å². The average Bonchev–Trinajstić information content (AvgIpc) is 3.08. The van der Waals surface area contributed by atoms with Gasteiger partial charge in [0.05, 0.1) is 6.10 Å². The number of carbonyl (C=O) groups excluding carboxylic acids is 2. The molecule has 0 unspecified atom stereocenters. The van der Waals surface area contributed by atoms with Crippen LogP contribution in [0.25, 0.3) is 0 Å². The number of fused-ring (bicyclic) bond motifs is 7. The number of ketones is 1. The van der Waals surface area contributed by atoms with Crippen molar-refractivity contribution in [1.82, 2.24) is 0 Å². The predicted molar refractivity (Wildman–Crippen MR) is 116 cm³/mol. The SMILES string of the molecule is CC(=O)O[C@H]1CC[C@@]2(C)[C@@H](CC[C@H]3[C@H]2CC[C@@]2(C)[C@H]3C[C@H]3OC(C)(C)O[C@]32C(C)=O)C1. The Hall–Kier alpha value is -0.940. The largest absolute Gasteiger partial charge is 0.463 e. The molecule has 1 aliphatic heterocycles. The van der Waals surface area contributed by atoms with E-state index >= 15 is 0 Å². The second-order valence-corrected chi connectivity index (χ2v) is 12.3. The minimum absolute atomic E-state index is 0.0943. The molecule has 9 atom stereocenters. The zero-order valence-corrected chi connectivity index (χ0v) is 20.2. The molecule has 0 amide bonds. The topological polar surface area (TPSA) is 61.8 Å². The Balaban J connectivity index is 1.43. The molecule has 1 heterocycles. The van der Waals surface area contributed by atoms with Gasteiger partial charge in [0.25, 0.3) is 0 Å². The third-order valence-corrected chi connectivity index (χ3v) is 10.5. The van der Waals surface area contributed by atoms with Crippen molar-refractivity contribution in [3.63, 3.8) is 0 Å². The molecule has 0 aromatic rings. The van der Waals surface area contributed by atoms with Crippen molar-refractivity contribution in [2.75, 3.05) is 0 Å². The molecular formula is C26H40O5. The molecule has 5 heteroatoms. The van der Waals surface area contributed by atoms with Crippen LogP contribution in [0.3, 0.4) is 0 Å². The molecule has 5 aliphatic rings. The summed E-state index contributed by atoms with van der Waals surface area (Å²) in [6, 6.07) is 0. The van der Waals surface area contributed by atoms with Crippen LogP contribution in [-0.2, 0) is 23.8 Å². The molecule has 174 valence electrons. The summed E-state index contributed by atoms with van der Waals surface area (Å²) < 4.78 is 18.5. The van der Waals surface area contributed by atoms with E-state index in [9.17, 15) is 9.59 Å². The Morgan fingerprint density at radius 2 is 1.65 bits per heavy atom. The number of hydrogen-bond donors (Lipinski definition) is 0. The van der Waals surface area contributed by atoms with Crippen LogP contribution in [0.2, 0.25) is 0 Å². The van der Waals surface area contributed by atoms with E-state index in [1.807, 2.05) is 13.8 Å². The summed E-state index contributed by atoms with van der Waals surface area (Å²) in [5.41, 5.74) is -0.642. The minimum Gasteiger partial charge on any atom is -0.463 e. The highest BCUT2D eigenvalue weighted by molar-refractivity contribution is 5.88. The fraction of sp³-hybridized carbons (Fsp3) is 0.923. The second-order valence-electron chi connectivity index (χ2n) is 12.3. The van der Waals surface area contributed by atoms with Gasteiger partial charge in [-0.2, -0.15) is 0 Å². The van der Waals surface area contributed by atoms with Gasteiger partial charge in [-0.05, 0) is 101 Å². The van der Waals surface area contributed by atoms with E-state index in [0.29, 0.717) is 29.1 Å². The summed E-state index contributed by atoms with van der Waals surface area (Å²) in [6.07, 6.45) is 8.66. The molecule has 31 heavy (non-hydrogen) atoms. The minimum atomic E-state index is -0.795. The van der Waals surface area contributed by atoms with Crippen LogP contribution in [0.5, 0.6) is 0 Å². The fourth-order valence-electron chi connectivity index (χ4n) is 9.31. The lowest BCUT2D eigenvalue weighted by Gasteiger charge is -2.61. The zero-order chi connectivity index (χ0) is 22.4. The molecule has 0 bridgehead atoms. The maximum Gasteiger partial charge on any atom is 0.302 e. The summed E-state index contributed by atoms with van der Waals surface area (Å²) in [5, 5.41) is 0. The first-order valence-electron chi connectivity index (χ1n) is 12.5. The van der Waals surface area contributed by atoms with Gasteiger partial charge in [0.1, 0.15) is 6.10 Å². The van der Waals surface area contributed by atoms with E-state index in [2.05, 4.69) is 13.8 Å². The first kappa shape index (κ1) is 21.9. The van der Waals surface area contributed by atoms with Gasteiger partial charge in [0, 0.05) is 12.3 Å². The smallest absolute Gasteiger partial charge is 0.302 e. The molecule has 5 rings (SSSR count). The summed E-state index contributed by atoms with van der Waals surface area (Å²) >= 11 is 0. The lowest BCUT2D eigenvalue weighted by Crippen LogP contribution is -2.60. The maximum atomic E-state index is 13.1. The van der Waals surface area contributed by atoms with Gasteiger partial charge in [-0.1, -0.05) is 13.8 Å². The third-order valence-electron chi connectivity index (χ3n) is 10.5. The van der Waals surface area contributed by atoms with E-state index in [-0.39, 0.29) is 29.4 Å².